The van der Waals surface area contributed by atoms with Crippen molar-refractivity contribution in [2.75, 3.05) is 6.61 Å². The van der Waals surface area contributed by atoms with Crippen LogP contribution in [0.4, 0.5) is 0 Å². The SMILES string of the molecule is CCOc1cc(OCc2ccccc2)ccc1-c1ccc(C)o1. The Bertz CT molecular complexity index is 760. The maximum absolute atomic E-state index is 5.86. The predicted molar refractivity (Wildman–Crippen MR) is 90.8 cm³/mol. The normalized spacial score (nSPS) is 10.5. The Morgan fingerprint density at radius 2 is 1.74 bits per heavy atom. The summed E-state index contributed by atoms with van der Waals surface area (Å²) in [4.78, 5) is 0. The van der Waals surface area contributed by atoms with E-state index in [-0.39, 0.29) is 0 Å². The average Bonchev–Trinajstić information content (AvgIpc) is 3.01. The van der Waals surface area contributed by atoms with Gasteiger partial charge in [0.2, 0.25) is 0 Å². The molecular weight excluding hydrogens is 288 g/mol. The van der Waals surface area contributed by atoms with Crippen molar-refractivity contribution >= 4 is 0 Å². The van der Waals surface area contributed by atoms with E-state index in [0.717, 1.165) is 34.1 Å². The van der Waals surface area contributed by atoms with E-state index in [1.807, 2.05) is 74.5 Å². The molecule has 0 aliphatic heterocycles. The van der Waals surface area contributed by atoms with Crippen LogP contribution in [0.25, 0.3) is 11.3 Å². The number of hydrogen-bond acceptors (Lipinski definition) is 3. The van der Waals surface area contributed by atoms with E-state index >= 15 is 0 Å². The lowest BCUT2D eigenvalue weighted by Crippen LogP contribution is -1.98. The lowest BCUT2D eigenvalue weighted by atomic mass is 10.1. The fraction of sp³-hybridized carbons (Fsp3) is 0.200. The number of benzene rings is 2. The first-order chi connectivity index (χ1) is 11.3. The summed E-state index contributed by atoms with van der Waals surface area (Å²) < 4.78 is 17.3. The van der Waals surface area contributed by atoms with Gasteiger partial charge in [-0.1, -0.05) is 30.3 Å². The molecular formula is C20H20O3. The molecule has 3 rings (SSSR count). The summed E-state index contributed by atoms with van der Waals surface area (Å²) in [6, 6.07) is 19.8. The molecule has 0 amide bonds. The second kappa shape index (κ2) is 7.05. The number of hydrogen-bond donors (Lipinski definition) is 0. The van der Waals surface area contributed by atoms with Crippen LogP contribution in [-0.2, 0) is 6.61 Å². The molecule has 118 valence electrons. The highest BCUT2D eigenvalue weighted by Gasteiger charge is 2.11. The summed E-state index contributed by atoms with van der Waals surface area (Å²) in [7, 11) is 0. The molecule has 0 aliphatic rings. The second-order valence-electron chi connectivity index (χ2n) is 5.28. The molecule has 0 spiro atoms. The molecule has 3 heteroatoms. The first kappa shape index (κ1) is 15.2. The van der Waals surface area contributed by atoms with Gasteiger partial charge in [-0.2, -0.15) is 0 Å². The molecule has 0 atom stereocenters. The maximum Gasteiger partial charge on any atom is 0.137 e. The molecule has 0 bridgehead atoms. The summed E-state index contributed by atoms with van der Waals surface area (Å²) in [6.07, 6.45) is 0. The number of furan rings is 1. The van der Waals surface area contributed by atoms with Crippen molar-refractivity contribution in [3.63, 3.8) is 0 Å². The van der Waals surface area contributed by atoms with Crippen LogP contribution in [0.1, 0.15) is 18.2 Å². The summed E-state index contributed by atoms with van der Waals surface area (Å²) in [5, 5.41) is 0. The lowest BCUT2D eigenvalue weighted by Gasteiger charge is -2.12. The van der Waals surface area contributed by atoms with Crippen molar-refractivity contribution in [3.8, 4) is 22.8 Å². The minimum absolute atomic E-state index is 0.533. The standard InChI is InChI=1S/C20H20O3/c1-3-21-20-13-17(22-14-16-7-5-4-6-8-16)10-11-18(20)19-12-9-15(2)23-19/h4-13H,3,14H2,1-2H3. The van der Waals surface area contributed by atoms with Crippen molar-refractivity contribution in [2.24, 2.45) is 0 Å². The smallest absolute Gasteiger partial charge is 0.137 e. The molecule has 3 nitrogen and oxygen atoms in total. The van der Waals surface area contributed by atoms with Gasteiger partial charge in [0.15, 0.2) is 0 Å². The minimum atomic E-state index is 0.533. The molecule has 0 fully saturated rings. The van der Waals surface area contributed by atoms with Crippen LogP contribution < -0.4 is 9.47 Å². The largest absolute Gasteiger partial charge is 0.493 e. The summed E-state index contributed by atoms with van der Waals surface area (Å²) >= 11 is 0. The number of ether oxygens (including phenoxy) is 2. The Hall–Kier alpha value is -2.68. The van der Waals surface area contributed by atoms with Gasteiger partial charge in [0, 0.05) is 6.07 Å². The van der Waals surface area contributed by atoms with Gasteiger partial charge in [0.1, 0.15) is 29.6 Å². The van der Waals surface area contributed by atoms with Crippen molar-refractivity contribution in [1.82, 2.24) is 0 Å². The predicted octanol–water partition coefficient (Wildman–Crippen LogP) is 5.23. The van der Waals surface area contributed by atoms with Crippen LogP contribution in [-0.4, -0.2) is 6.61 Å². The molecule has 0 saturated heterocycles. The minimum Gasteiger partial charge on any atom is -0.493 e. The highest BCUT2D eigenvalue weighted by Crippen LogP contribution is 2.34. The Labute approximate surface area is 136 Å². The quantitative estimate of drug-likeness (QED) is 0.624. The van der Waals surface area contributed by atoms with Gasteiger partial charge in [-0.25, -0.2) is 0 Å². The molecule has 0 unspecified atom stereocenters. The van der Waals surface area contributed by atoms with Crippen LogP contribution in [0.3, 0.4) is 0 Å². The Morgan fingerprint density at radius 3 is 2.43 bits per heavy atom. The van der Waals surface area contributed by atoms with Crippen LogP contribution in [0.15, 0.2) is 65.1 Å². The number of rotatable bonds is 6. The van der Waals surface area contributed by atoms with Crippen molar-refractivity contribution in [1.29, 1.82) is 0 Å². The summed E-state index contributed by atoms with van der Waals surface area (Å²) in [5.41, 5.74) is 2.07. The van der Waals surface area contributed by atoms with Gasteiger partial charge in [0.25, 0.3) is 0 Å². The topological polar surface area (TPSA) is 31.6 Å². The van der Waals surface area contributed by atoms with E-state index in [4.69, 9.17) is 13.9 Å². The zero-order chi connectivity index (χ0) is 16.1. The van der Waals surface area contributed by atoms with Gasteiger partial charge in [-0.3, -0.25) is 0 Å². The average molecular weight is 308 g/mol. The molecule has 3 aromatic rings. The highest BCUT2D eigenvalue weighted by atomic mass is 16.5. The van der Waals surface area contributed by atoms with Crippen LogP contribution >= 0.6 is 0 Å². The van der Waals surface area contributed by atoms with Gasteiger partial charge in [-0.15, -0.1) is 0 Å². The van der Waals surface area contributed by atoms with E-state index in [2.05, 4.69) is 0 Å². The molecule has 1 aromatic heterocycles. The third kappa shape index (κ3) is 3.75. The van der Waals surface area contributed by atoms with Crippen molar-refractivity contribution < 1.29 is 13.9 Å². The molecule has 1 heterocycles. The van der Waals surface area contributed by atoms with Crippen LogP contribution in [0.2, 0.25) is 0 Å². The van der Waals surface area contributed by atoms with E-state index in [9.17, 15) is 0 Å². The fourth-order valence-electron chi connectivity index (χ4n) is 2.39. The zero-order valence-electron chi connectivity index (χ0n) is 13.4. The van der Waals surface area contributed by atoms with Gasteiger partial charge in [0.05, 0.1) is 12.2 Å². The zero-order valence-corrected chi connectivity index (χ0v) is 13.4. The van der Waals surface area contributed by atoms with Crippen molar-refractivity contribution in [3.05, 3.63) is 72.0 Å². The Kier molecular flexibility index (Phi) is 4.67. The maximum atomic E-state index is 5.86. The second-order valence-corrected chi connectivity index (χ2v) is 5.28. The Morgan fingerprint density at radius 1 is 0.913 bits per heavy atom. The molecule has 0 N–H and O–H groups in total. The van der Waals surface area contributed by atoms with Gasteiger partial charge < -0.3 is 13.9 Å². The fourth-order valence-corrected chi connectivity index (χ4v) is 2.39. The Balaban J connectivity index is 1.81. The van der Waals surface area contributed by atoms with Crippen LogP contribution in [0, 0.1) is 6.92 Å². The van der Waals surface area contributed by atoms with Crippen LogP contribution in [0.5, 0.6) is 11.5 Å². The van der Waals surface area contributed by atoms with Crippen molar-refractivity contribution in [2.45, 2.75) is 20.5 Å². The first-order valence-electron chi connectivity index (χ1n) is 7.76. The molecule has 0 radical (unpaired) electrons. The number of aryl methyl sites for hydroxylation is 1. The third-order valence-corrected chi connectivity index (χ3v) is 3.51. The molecule has 0 aliphatic carbocycles. The van der Waals surface area contributed by atoms with Gasteiger partial charge >= 0.3 is 0 Å². The molecule has 2 aromatic carbocycles. The van der Waals surface area contributed by atoms with E-state index < -0.39 is 0 Å². The first-order valence-corrected chi connectivity index (χ1v) is 7.76. The molecule has 0 saturated carbocycles. The summed E-state index contributed by atoms with van der Waals surface area (Å²) in [5.74, 6) is 3.24. The lowest BCUT2D eigenvalue weighted by molar-refractivity contribution is 0.299. The monoisotopic (exact) mass is 308 g/mol. The highest BCUT2D eigenvalue weighted by molar-refractivity contribution is 5.67. The van der Waals surface area contributed by atoms with Gasteiger partial charge in [-0.05, 0) is 43.7 Å². The van der Waals surface area contributed by atoms with E-state index in [0.29, 0.717) is 13.2 Å². The third-order valence-electron chi connectivity index (χ3n) is 3.51. The van der Waals surface area contributed by atoms with E-state index in [1.54, 1.807) is 0 Å². The summed E-state index contributed by atoms with van der Waals surface area (Å²) in [6.45, 7) is 5.02. The van der Waals surface area contributed by atoms with E-state index in [1.165, 1.54) is 0 Å². The molecule has 23 heavy (non-hydrogen) atoms.